The topological polar surface area (TPSA) is 12.4 Å². The Bertz CT molecular complexity index is 80.9. The quantitative estimate of drug-likeness (QED) is 0.472. The maximum Gasteiger partial charge on any atom is 0.158 e. The Labute approximate surface area is 45.8 Å². The molecule has 0 saturated carbocycles. The molecule has 0 fully saturated rings. The van der Waals surface area contributed by atoms with Gasteiger partial charge in [-0.1, -0.05) is 23.4 Å². The van der Waals surface area contributed by atoms with Crippen LogP contribution in [-0.4, -0.2) is 10.3 Å². The number of rotatable bonds is 0. The first-order valence-electron chi connectivity index (χ1n) is 1.57. The van der Waals surface area contributed by atoms with Gasteiger partial charge in [-0.2, -0.15) is 0 Å². The number of nitrogens with zero attached hydrogens (tertiary/aromatic N) is 1. The second-order valence-electron chi connectivity index (χ2n) is 0.876. The summed E-state index contributed by atoms with van der Waals surface area (Å²) in [7, 11) is 0. The molecule has 3 heteroatoms. The van der Waals surface area contributed by atoms with E-state index in [-0.39, 0.29) is 0 Å². The van der Waals surface area contributed by atoms with E-state index >= 15 is 0 Å². The average Bonchev–Trinajstić information content (AvgIpc) is 1.86. The molecule has 0 spiro atoms. The summed E-state index contributed by atoms with van der Waals surface area (Å²) in [6.45, 7) is 1.80. The van der Waals surface area contributed by atoms with Crippen LogP contribution in [0.25, 0.3) is 0 Å². The molecule has 6 heavy (non-hydrogen) atoms. The minimum atomic E-state index is 0.662. The number of hydrogen-bond donors (Lipinski definition) is 0. The molecule has 1 rings (SSSR count). The lowest BCUT2D eigenvalue weighted by atomic mass is 10.8. The Kier molecular flexibility index (Phi) is 1.37. The van der Waals surface area contributed by atoms with Gasteiger partial charge in [0.2, 0.25) is 0 Å². The normalized spacial score (nSPS) is 21.2. The Hall–Kier alpha value is 0.310. The van der Waals surface area contributed by atoms with Gasteiger partial charge in [-0.15, -0.1) is 0 Å². The molecule has 0 amide bonds. The summed E-state index contributed by atoms with van der Waals surface area (Å²) in [5, 5.41) is 0. The van der Waals surface area contributed by atoms with Gasteiger partial charge < -0.3 is 0 Å². The third-order valence-corrected chi connectivity index (χ3v) is 1.55. The zero-order valence-corrected chi connectivity index (χ0v) is 4.59. The SMILES string of the molecule is ClC1=N[CH]CS1. The van der Waals surface area contributed by atoms with Crippen molar-refractivity contribution in [3.63, 3.8) is 0 Å². The predicted octanol–water partition coefficient (Wildman–Crippen LogP) is 1.49. The summed E-state index contributed by atoms with van der Waals surface area (Å²) >= 11 is 6.95. The Morgan fingerprint density at radius 1 is 2.00 bits per heavy atom. The maximum atomic E-state index is 5.39. The maximum absolute atomic E-state index is 5.39. The minimum absolute atomic E-state index is 0.662. The molecule has 0 aromatic rings. The first-order chi connectivity index (χ1) is 2.89. The van der Waals surface area contributed by atoms with Gasteiger partial charge in [0.25, 0.3) is 0 Å². The highest BCUT2D eigenvalue weighted by Crippen LogP contribution is 2.16. The lowest BCUT2D eigenvalue weighted by Gasteiger charge is -1.73. The fourth-order valence-electron chi connectivity index (χ4n) is 0.252. The van der Waals surface area contributed by atoms with E-state index in [0.717, 1.165) is 5.75 Å². The van der Waals surface area contributed by atoms with Crippen LogP contribution in [0.2, 0.25) is 0 Å². The molecule has 0 N–H and O–H groups in total. The lowest BCUT2D eigenvalue weighted by molar-refractivity contribution is 1.37. The summed E-state index contributed by atoms with van der Waals surface area (Å²) < 4.78 is 0.662. The van der Waals surface area contributed by atoms with Crippen molar-refractivity contribution in [3.05, 3.63) is 6.54 Å². The number of hydrogen-bond acceptors (Lipinski definition) is 2. The highest BCUT2D eigenvalue weighted by Gasteiger charge is 2.00. The van der Waals surface area contributed by atoms with Crippen LogP contribution >= 0.6 is 23.4 Å². The van der Waals surface area contributed by atoms with Crippen molar-refractivity contribution >= 4 is 27.9 Å². The molecule has 1 radical (unpaired) electrons. The van der Waals surface area contributed by atoms with Crippen LogP contribution in [0.5, 0.6) is 0 Å². The van der Waals surface area contributed by atoms with Gasteiger partial charge in [-0.25, -0.2) is 0 Å². The zero-order valence-electron chi connectivity index (χ0n) is 3.02. The van der Waals surface area contributed by atoms with Crippen molar-refractivity contribution in [1.82, 2.24) is 0 Å². The molecule has 1 heterocycles. The molecule has 1 aliphatic heterocycles. The molecule has 0 saturated heterocycles. The zero-order chi connectivity index (χ0) is 4.41. The van der Waals surface area contributed by atoms with E-state index in [0.29, 0.717) is 4.50 Å². The van der Waals surface area contributed by atoms with Crippen molar-refractivity contribution < 1.29 is 0 Å². The summed E-state index contributed by atoms with van der Waals surface area (Å²) in [6.07, 6.45) is 0. The van der Waals surface area contributed by atoms with E-state index < -0.39 is 0 Å². The van der Waals surface area contributed by atoms with Gasteiger partial charge in [-0.05, 0) is 0 Å². The third-order valence-electron chi connectivity index (χ3n) is 0.470. The van der Waals surface area contributed by atoms with E-state index in [1.54, 1.807) is 18.3 Å². The van der Waals surface area contributed by atoms with Crippen molar-refractivity contribution in [2.75, 3.05) is 5.75 Å². The molecular weight excluding hydrogens is 118 g/mol. The summed E-state index contributed by atoms with van der Waals surface area (Å²) in [6, 6.07) is 0. The molecule has 0 aliphatic carbocycles. The van der Waals surface area contributed by atoms with Crippen molar-refractivity contribution in [2.45, 2.75) is 0 Å². The molecule has 0 aromatic carbocycles. The Morgan fingerprint density at radius 2 is 2.83 bits per heavy atom. The first kappa shape index (κ1) is 4.47. The van der Waals surface area contributed by atoms with Gasteiger partial charge in [0.15, 0.2) is 4.50 Å². The molecule has 0 aromatic heterocycles. The van der Waals surface area contributed by atoms with Crippen molar-refractivity contribution in [3.8, 4) is 0 Å². The molecule has 0 unspecified atom stereocenters. The van der Waals surface area contributed by atoms with Crippen molar-refractivity contribution in [2.24, 2.45) is 4.99 Å². The van der Waals surface area contributed by atoms with E-state index in [4.69, 9.17) is 11.6 Å². The number of aliphatic imine (C=N–C) groups is 1. The van der Waals surface area contributed by atoms with E-state index in [1.165, 1.54) is 0 Å². The Balaban J connectivity index is 2.45. The van der Waals surface area contributed by atoms with Gasteiger partial charge in [0, 0.05) is 5.75 Å². The first-order valence-corrected chi connectivity index (χ1v) is 2.94. The van der Waals surface area contributed by atoms with Crippen LogP contribution in [-0.2, 0) is 0 Å². The molecule has 33 valence electrons. The van der Waals surface area contributed by atoms with Crippen LogP contribution < -0.4 is 0 Å². The standard InChI is InChI=1S/C3H3ClNS/c4-3-5-1-2-6-3/h1H,2H2. The van der Waals surface area contributed by atoms with Crippen molar-refractivity contribution in [1.29, 1.82) is 0 Å². The summed E-state index contributed by atoms with van der Waals surface area (Å²) in [5.41, 5.74) is 0. The van der Waals surface area contributed by atoms with Gasteiger partial charge in [-0.3, -0.25) is 4.99 Å². The predicted molar refractivity (Wildman–Crippen MR) is 30.0 cm³/mol. The van der Waals surface area contributed by atoms with E-state index in [1.807, 2.05) is 0 Å². The van der Waals surface area contributed by atoms with Crippen LogP contribution in [0.3, 0.4) is 0 Å². The van der Waals surface area contributed by atoms with Crippen LogP contribution in [0.15, 0.2) is 4.99 Å². The van der Waals surface area contributed by atoms with Gasteiger partial charge >= 0.3 is 0 Å². The highest BCUT2D eigenvalue weighted by molar-refractivity contribution is 8.17. The fourth-order valence-corrected chi connectivity index (χ4v) is 0.946. The number of halogens is 1. The summed E-state index contributed by atoms with van der Waals surface area (Å²) in [4.78, 5) is 3.76. The molecule has 0 atom stereocenters. The Morgan fingerprint density at radius 3 is 3.00 bits per heavy atom. The fraction of sp³-hybridized carbons (Fsp3) is 0.333. The van der Waals surface area contributed by atoms with Gasteiger partial charge in [0.05, 0.1) is 6.54 Å². The largest absolute Gasteiger partial charge is 0.261 e. The summed E-state index contributed by atoms with van der Waals surface area (Å²) in [5.74, 6) is 0.943. The second kappa shape index (κ2) is 1.85. The third kappa shape index (κ3) is 0.884. The van der Waals surface area contributed by atoms with E-state index in [9.17, 15) is 0 Å². The molecular formula is C3H3ClNS. The number of thioether (sulfide) groups is 1. The molecule has 1 nitrogen and oxygen atoms in total. The van der Waals surface area contributed by atoms with E-state index in [2.05, 4.69) is 4.99 Å². The monoisotopic (exact) mass is 120 g/mol. The van der Waals surface area contributed by atoms with Gasteiger partial charge in [0.1, 0.15) is 0 Å². The van der Waals surface area contributed by atoms with Crippen LogP contribution in [0.4, 0.5) is 0 Å². The molecule has 1 aliphatic rings. The molecule has 0 bridgehead atoms. The smallest absolute Gasteiger partial charge is 0.158 e. The highest BCUT2D eigenvalue weighted by atomic mass is 35.5. The second-order valence-corrected chi connectivity index (χ2v) is 2.47. The minimum Gasteiger partial charge on any atom is -0.261 e. The average molecular weight is 121 g/mol. The lowest BCUT2D eigenvalue weighted by Crippen LogP contribution is -1.63. The van der Waals surface area contributed by atoms with Crippen LogP contribution in [0, 0.1) is 6.54 Å². The van der Waals surface area contributed by atoms with Crippen LogP contribution in [0.1, 0.15) is 0 Å².